The van der Waals surface area contributed by atoms with Crippen LogP contribution in [0.15, 0.2) is 18.2 Å². The Bertz CT molecular complexity index is 500. The summed E-state index contributed by atoms with van der Waals surface area (Å²) in [4.78, 5) is 22.8. The molecule has 1 aromatic rings. The number of hydrogen-bond donors (Lipinski definition) is 3. The van der Waals surface area contributed by atoms with Gasteiger partial charge >= 0.3 is 0 Å². The summed E-state index contributed by atoms with van der Waals surface area (Å²) in [6, 6.07) is 6.03. The molecule has 0 atom stereocenters. The van der Waals surface area contributed by atoms with Gasteiger partial charge in [-0.15, -0.1) is 0 Å². The van der Waals surface area contributed by atoms with E-state index in [1.165, 1.54) is 5.56 Å². The second-order valence-corrected chi connectivity index (χ2v) is 5.02. The van der Waals surface area contributed by atoms with Gasteiger partial charge in [0.05, 0.1) is 6.42 Å². The summed E-state index contributed by atoms with van der Waals surface area (Å²) >= 11 is 0. The van der Waals surface area contributed by atoms with E-state index in [2.05, 4.69) is 22.0 Å². The maximum absolute atomic E-state index is 11.5. The summed E-state index contributed by atoms with van der Waals surface area (Å²) in [5.74, 6) is 0.152. The molecule has 0 aromatic heterocycles. The second kappa shape index (κ2) is 7.05. The van der Waals surface area contributed by atoms with E-state index in [4.69, 9.17) is 0 Å². The molecule has 2 rings (SSSR count). The highest BCUT2D eigenvalue weighted by atomic mass is 16.2. The van der Waals surface area contributed by atoms with Crippen LogP contribution in [0.5, 0.6) is 0 Å². The third-order valence-corrected chi connectivity index (χ3v) is 3.36. The number of benzene rings is 1. The van der Waals surface area contributed by atoms with Gasteiger partial charge in [-0.2, -0.15) is 0 Å². The highest BCUT2D eigenvalue weighted by Gasteiger charge is 2.17. The highest BCUT2D eigenvalue weighted by molar-refractivity contribution is 5.99. The minimum Gasteiger partial charge on any atom is -0.355 e. The van der Waals surface area contributed by atoms with Crippen molar-refractivity contribution in [2.75, 3.05) is 25.5 Å². The number of hydrogen-bond acceptors (Lipinski definition) is 3. The first-order valence-corrected chi connectivity index (χ1v) is 7.02. The molecule has 0 unspecified atom stereocenters. The third kappa shape index (κ3) is 4.06. The molecular weight excluding hydrogens is 254 g/mol. The van der Waals surface area contributed by atoms with E-state index in [1.54, 1.807) is 0 Å². The van der Waals surface area contributed by atoms with Gasteiger partial charge in [-0.3, -0.25) is 9.59 Å². The maximum Gasteiger partial charge on any atom is 0.228 e. The summed E-state index contributed by atoms with van der Waals surface area (Å²) in [6.45, 7) is 1.46. The summed E-state index contributed by atoms with van der Waals surface area (Å²) in [5, 5.41) is 8.66. The minimum atomic E-state index is 0.0565. The van der Waals surface area contributed by atoms with Crippen molar-refractivity contribution in [3.8, 4) is 0 Å². The number of likely N-dealkylation sites (N-methyl/N-ethyl adjacent to an activating group) is 1. The van der Waals surface area contributed by atoms with Crippen molar-refractivity contribution in [1.29, 1.82) is 0 Å². The quantitative estimate of drug-likeness (QED) is 0.646. The first-order chi connectivity index (χ1) is 9.69. The van der Waals surface area contributed by atoms with E-state index >= 15 is 0 Å². The average molecular weight is 275 g/mol. The molecule has 0 saturated carbocycles. The lowest BCUT2D eigenvalue weighted by molar-refractivity contribution is -0.121. The topological polar surface area (TPSA) is 70.2 Å². The normalized spacial score (nSPS) is 12.9. The Hall–Kier alpha value is -1.88. The molecular formula is C15H21N3O2. The Kier molecular flexibility index (Phi) is 5.12. The van der Waals surface area contributed by atoms with Crippen molar-refractivity contribution in [3.63, 3.8) is 0 Å². The van der Waals surface area contributed by atoms with E-state index in [0.717, 1.165) is 30.6 Å². The Morgan fingerprint density at radius 3 is 3.00 bits per heavy atom. The third-order valence-electron chi connectivity index (χ3n) is 3.36. The number of aryl methyl sites for hydroxylation is 1. The maximum atomic E-state index is 11.5. The molecule has 0 spiro atoms. The van der Waals surface area contributed by atoms with Crippen LogP contribution < -0.4 is 16.0 Å². The van der Waals surface area contributed by atoms with Crippen LogP contribution in [-0.2, 0) is 22.4 Å². The van der Waals surface area contributed by atoms with Crippen molar-refractivity contribution in [1.82, 2.24) is 10.6 Å². The number of fused-ring (bicyclic) bond motifs is 1. The van der Waals surface area contributed by atoms with Gasteiger partial charge in [-0.25, -0.2) is 0 Å². The van der Waals surface area contributed by atoms with Crippen molar-refractivity contribution >= 4 is 17.5 Å². The Balaban J connectivity index is 1.74. The standard InChI is InChI=1S/C15H21N3O2/c1-16-7-8-17-14(19)4-2-3-11-5-6-13-12(9-11)10-15(20)18-13/h5-6,9,16H,2-4,7-8,10H2,1H3,(H,17,19)(H,18,20). The number of carbonyl (C=O) groups excluding carboxylic acids is 2. The fourth-order valence-corrected chi connectivity index (χ4v) is 2.31. The van der Waals surface area contributed by atoms with Gasteiger partial charge < -0.3 is 16.0 Å². The summed E-state index contributed by atoms with van der Waals surface area (Å²) in [7, 11) is 1.86. The van der Waals surface area contributed by atoms with Crippen LogP contribution in [0, 0.1) is 0 Å². The van der Waals surface area contributed by atoms with Crippen LogP contribution in [0.4, 0.5) is 5.69 Å². The Labute approximate surface area is 119 Å². The fourth-order valence-electron chi connectivity index (χ4n) is 2.31. The Morgan fingerprint density at radius 2 is 2.20 bits per heavy atom. The average Bonchev–Trinajstić information content (AvgIpc) is 2.78. The van der Waals surface area contributed by atoms with Gasteiger partial charge in [0.25, 0.3) is 0 Å². The van der Waals surface area contributed by atoms with Crippen molar-refractivity contribution in [2.45, 2.75) is 25.7 Å². The highest BCUT2D eigenvalue weighted by Crippen LogP contribution is 2.24. The number of carbonyl (C=O) groups is 2. The van der Waals surface area contributed by atoms with E-state index < -0.39 is 0 Å². The van der Waals surface area contributed by atoms with E-state index in [-0.39, 0.29) is 11.8 Å². The molecule has 0 bridgehead atoms. The zero-order chi connectivity index (χ0) is 14.4. The summed E-state index contributed by atoms with van der Waals surface area (Å²) in [5.41, 5.74) is 3.16. The van der Waals surface area contributed by atoms with Crippen molar-refractivity contribution < 1.29 is 9.59 Å². The van der Waals surface area contributed by atoms with Gasteiger partial charge in [-0.05, 0) is 37.1 Å². The predicted molar refractivity (Wildman–Crippen MR) is 78.7 cm³/mol. The molecule has 0 fully saturated rings. The summed E-state index contributed by atoms with van der Waals surface area (Å²) in [6.07, 6.45) is 2.69. The largest absolute Gasteiger partial charge is 0.355 e. The monoisotopic (exact) mass is 275 g/mol. The second-order valence-electron chi connectivity index (χ2n) is 5.02. The molecule has 2 amide bonds. The first-order valence-electron chi connectivity index (χ1n) is 7.02. The van der Waals surface area contributed by atoms with Crippen molar-refractivity contribution in [3.05, 3.63) is 29.3 Å². The van der Waals surface area contributed by atoms with E-state index in [1.807, 2.05) is 19.2 Å². The molecule has 1 aromatic carbocycles. The fraction of sp³-hybridized carbons (Fsp3) is 0.467. The van der Waals surface area contributed by atoms with Crippen LogP contribution >= 0.6 is 0 Å². The smallest absolute Gasteiger partial charge is 0.228 e. The molecule has 5 heteroatoms. The van der Waals surface area contributed by atoms with Crippen LogP contribution in [0.2, 0.25) is 0 Å². The molecule has 1 aliphatic rings. The zero-order valence-corrected chi connectivity index (χ0v) is 11.8. The van der Waals surface area contributed by atoms with E-state index in [0.29, 0.717) is 19.4 Å². The molecule has 108 valence electrons. The molecule has 0 saturated heterocycles. The minimum absolute atomic E-state index is 0.0565. The Morgan fingerprint density at radius 1 is 1.35 bits per heavy atom. The van der Waals surface area contributed by atoms with Gasteiger partial charge in [0, 0.05) is 25.2 Å². The van der Waals surface area contributed by atoms with Gasteiger partial charge in [0.2, 0.25) is 11.8 Å². The van der Waals surface area contributed by atoms with E-state index in [9.17, 15) is 9.59 Å². The molecule has 1 heterocycles. The van der Waals surface area contributed by atoms with Crippen LogP contribution in [0.25, 0.3) is 0 Å². The van der Waals surface area contributed by atoms with Gasteiger partial charge in [0.15, 0.2) is 0 Å². The zero-order valence-electron chi connectivity index (χ0n) is 11.8. The van der Waals surface area contributed by atoms with Gasteiger partial charge in [0.1, 0.15) is 0 Å². The van der Waals surface area contributed by atoms with Crippen LogP contribution in [0.3, 0.4) is 0 Å². The molecule has 3 N–H and O–H groups in total. The molecule has 5 nitrogen and oxygen atoms in total. The molecule has 0 aliphatic carbocycles. The van der Waals surface area contributed by atoms with Crippen LogP contribution in [0.1, 0.15) is 24.0 Å². The number of anilines is 1. The summed E-state index contributed by atoms with van der Waals surface area (Å²) < 4.78 is 0. The molecule has 0 radical (unpaired) electrons. The lowest BCUT2D eigenvalue weighted by Crippen LogP contribution is -2.30. The number of nitrogens with one attached hydrogen (secondary N) is 3. The van der Waals surface area contributed by atoms with Gasteiger partial charge in [-0.1, -0.05) is 12.1 Å². The lowest BCUT2D eigenvalue weighted by atomic mass is 10.0. The SMILES string of the molecule is CNCCNC(=O)CCCc1ccc2c(c1)CC(=O)N2. The van der Waals surface area contributed by atoms with Crippen LogP contribution in [-0.4, -0.2) is 32.0 Å². The molecule has 1 aliphatic heterocycles. The van der Waals surface area contributed by atoms with Crippen molar-refractivity contribution in [2.24, 2.45) is 0 Å². The molecule has 20 heavy (non-hydrogen) atoms. The predicted octanol–water partition coefficient (Wildman–Crippen LogP) is 0.839. The first kappa shape index (κ1) is 14.5. The number of rotatable bonds is 7. The lowest BCUT2D eigenvalue weighted by Gasteiger charge is -2.06. The number of amides is 2.